The number of methoxy groups -OCH3 is 1. The summed E-state index contributed by atoms with van der Waals surface area (Å²) in [5.41, 5.74) is 0.0837. The lowest BCUT2D eigenvalue weighted by molar-refractivity contribution is 0.0598. The number of rotatable bonds is 4. The molecule has 1 aromatic heterocycles. The number of benzene rings is 1. The van der Waals surface area contributed by atoms with Gasteiger partial charge in [0.2, 0.25) is 0 Å². The smallest absolute Gasteiger partial charge is 0.341 e. The van der Waals surface area contributed by atoms with Gasteiger partial charge in [-0.25, -0.2) is 9.18 Å². The van der Waals surface area contributed by atoms with Crippen molar-refractivity contribution in [3.8, 4) is 0 Å². The number of halogens is 2. The Balaban J connectivity index is 2.21. The zero-order valence-electron chi connectivity index (χ0n) is 12.9. The molecule has 0 N–H and O–H groups in total. The van der Waals surface area contributed by atoms with Crippen LogP contribution in [0.15, 0.2) is 28.7 Å². The Labute approximate surface area is 137 Å². The van der Waals surface area contributed by atoms with Crippen LogP contribution >= 0.6 is 11.6 Å². The molecule has 0 bridgehead atoms. The Kier molecular flexibility index (Phi) is 5.05. The molecule has 1 amide bonds. The van der Waals surface area contributed by atoms with E-state index in [1.54, 1.807) is 6.92 Å². The summed E-state index contributed by atoms with van der Waals surface area (Å²) in [7, 11) is 2.76. The van der Waals surface area contributed by atoms with E-state index in [2.05, 4.69) is 4.74 Å². The summed E-state index contributed by atoms with van der Waals surface area (Å²) in [4.78, 5) is 25.1. The Morgan fingerprint density at radius 2 is 2.09 bits per heavy atom. The molecule has 0 unspecified atom stereocenters. The average Bonchev–Trinajstić information content (AvgIpc) is 2.86. The molecule has 2 rings (SSSR count). The minimum absolute atomic E-state index is 0.0349. The van der Waals surface area contributed by atoms with Crippen LogP contribution < -0.4 is 0 Å². The highest BCUT2D eigenvalue weighted by Gasteiger charge is 2.22. The summed E-state index contributed by atoms with van der Waals surface area (Å²) >= 11 is 5.89. The largest absolute Gasteiger partial charge is 0.465 e. The molecule has 0 fully saturated rings. The number of carbonyl (C=O) groups is 2. The Morgan fingerprint density at radius 1 is 1.39 bits per heavy atom. The first-order chi connectivity index (χ1) is 10.8. The summed E-state index contributed by atoms with van der Waals surface area (Å²) < 4.78 is 23.9. The zero-order chi connectivity index (χ0) is 17.1. The number of esters is 1. The fourth-order valence-electron chi connectivity index (χ4n) is 2.13. The summed E-state index contributed by atoms with van der Waals surface area (Å²) in [6.07, 6.45) is 0. The molecular weight excluding hydrogens is 325 g/mol. The van der Waals surface area contributed by atoms with E-state index < -0.39 is 17.7 Å². The van der Waals surface area contributed by atoms with Gasteiger partial charge < -0.3 is 14.1 Å². The normalized spacial score (nSPS) is 10.5. The van der Waals surface area contributed by atoms with Crippen LogP contribution in [0.1, 0.15) is 32.2 Å². The van der Waals surface area contributed by atoms with Gasteiger partial charge in [-0.05, 0) is 25.1 Å². The monoisotopic (exact) mass is 339 g/mol. The molecule has 7 heteroatoms. The van der Waals surface area contributed by atoms with Gasteiger partial charge in [0.1, 0.15) is 22.9 Å². The topological polar surface area (TPSA) is 59.8 Å². The van der Waals surface area contributed by atoms with Gasteiger partial charge in [-0.15, -0.1) is 0 Å². The van der Waals surface area contributed by atoms with Crippen molar-refractivity contribution in [2.24, 2.45) is 0 Å². The lowest BCUT2D eigenvalue weighted by atomic mass is 10.2. The molecule has 122 valence electrons. The molecule has 5 nitrogen and oxygen atoms in total. The molecule has 1 aromatic carbocycles. The van der Waals surface area contributed by atoms with E-state index in [1.165, 1.54) is 43.3 Å². The third kappa shape index (κ3) is 3.53. The van der Waals surface area contributed by atoms with E-state index in [4.69, 9.17) is 16.0 Å². The summed E-state index contributed by atoms with van der Waals surface area (Å²) in [5.74, 6) is -1.03. The zero-order valence-corrected chi connectivity index (χ0v) is 13.6. The highest BCUT2D eigenvalue weighted by atomic mass is 35.5. The molecule has 0 saturated heterocycles. The number of hydrogen-bond acceptors (Lipinski definition) is 4. The second-order valence-corrected chi connectivity index (χ2v) is 5.34. The minimum Gasteiger partial charge on any atom is -0.465 e. The maximum Gasteiger partial charge on any atom is 0.341 e. The van der Waals surface area contributed by atoms with Crippen LogP contribution in [0.25, 0.3) is 0 Å². The number of furan rings is 1. The molecule has 2 aromatic rings. The number of ether oxygens (including phenoxy) is 1. The maximum atomic E-state index is 13.8. The van der Waals surface area contributed by atoms with Crippen molar-refractivity contribution in [1.82, 2.24) is 4.90 Å². The summed E-state index contributed by atoms with van der Waals surface area (Å²) in [6, 6.07) is 5.53. The van der Waals surface area contributed by atoms with Gasteiger partial charge in [0.15, 0.2) is 0 Å². The molecule has 0 saturated carbocycles. The van der Waals surface area contributed by atoms with E-state index in [9.17, 15) is 14.0 Å². The molecule has 1 heterocycles. The molecule has 0 spiro atoms. The Morgan fingerprint density at radius 3 is 2.70 bits per heavy atom. The van der Waals surface area contributed by atoms with Crippen LogP contribution in [-0.4, -0.2) is 30.9 Å². The molecular formula is C16H15ClFNO4. The van der Waals surface area contributed by atoms with Crippen LogP contribution in [0.4, 0.5) is 4.39 Å². The Bertz CT molecular complexity index is 736. The second kappa shape index (κ2) is 6.83. The van der Waals surface area contributed by atoms with E-state index in [1.807, 2.05) is 0 Å². The van der Waals surface area contributed by atoms with Crippen molar-refractivity contribution in [2.45, 2.75) is 13.5 Å². The van der Waals surface area contributed by atoms with Crippen LogP contribution in [-0.2, 0) is 11.3 Å². The van der Waals surface area contributed by atoms with Crippen LogP contribution in [0.5, 0.6) is 0 Å². The molecule has 0 aliphatic rings. The first kappa shape index (κ1) is 17.0. The highest BCUT2D eigenvalue weighted by Crippen LogP contribution is 2.22. The SMILES string of the molecule is COC(=O)c1cc(CN(C)C(=O)c2c(F)cccc2Cl)oc1C. The van der Waals surface area contributed by atoms with Gasteiger partial charge in [-0.2, -0.15) is 0 Å². The molecule has 23 heavy (non-hydrogen) atoms. The number of nitrogens with zero attached hydrogens (tertiary/aromatic N) is 1. The van der Waals surface area contributed by atoms with Gasteiger partial charge in [0.05, 0.1) is 24.2 Å². The van der Waals surface area contributed by atoms with Crippen molar-refractivity contribution < 1.29 is 23.1 Å². The maximum absolute atomic E-state index is 13.8. The van der Waals surface area contributed by atoms with Crippen molar-refractivity contribution in [2.75, 3.05) is 14.2 Å². The van der Waals surface area contributed by atoms with Crippen molar-refractivity contribution in [3.05, 3.63) is 57.8 Å². The standard InChI is InChI=1S/C16H15ClFNO4/c1-9-11(16(21)22-3)7-10(23-9)8-19(2)15(20)14-12(17)5-4-6-13(14)18/h4-7H,8H2,1-3H3. The predicted molar refractivity (Wildman–Crippen MR) is 82.0 cm³/mol. The quantitative estimate of drug-likeness (QED) is 0.801. The van der Waals surface area contributed by atoms with E-state index >= 15 is 0 Å². The predicted octanol–water partition coefficient (Wildman–Crippen LogP) is 3.44. The fraction of sp³-hybridized carbons (Fsp3) is 0.250. The molecule has 0 aliphatic carbocycles. The summed E-state index contributed by atoms with van der Waals surface area (Å²) in [6.45, 7) is 1.67. The van der Waals surface area contributed by atoms with Crippen LogP contribution in [0.2, 0.25) is 5.02 Å². The van der Waals surface area contributed by atoms with Gasteiger partial charge in [0.25, 0.3) is 5.91 Å². The van der Waals surface area contributed by atoms with E-state index in [-0.39, 0.29) is 22.7 Å². The number of carbonyl (C=O) groups excluding carboxylic acids is 2. The third-order valence-corrected chi connectivity index (χ3v) is 3.61. The lowest BCUT2D eigenvalue weighted by Crippen LogP contribution is -2.27. The van der Waals surface area contributed by atoms with Gasteiger partial charge in [0, 0.05) is 7.05 Å². The van der Waals surface area contributed by atoms with E-state index in [0.29, 0.717) is 11.5 Å². The van der Waals surface area contributed by atoms with Crippen molar-refractivity contribution >= 4 is 23.5 Å². The average molecular weight is 340 g/mol. The minimum atomic E-state index is -0.694. The summed E-state index contributed by atoms with van der Waals surface area (Å²) in [5, 5.41) is 0.0349. The number of aryl methyl sites for hydroxylation is 1. The van der Waals surface area contributed by atoms with Crippen molar-refractivity contribution in [3.63, 3.8) is 0 Å². The third-order valence-electron chi connectivity index (χ3n) is 3.29. The van der Waals surface area contributed by atoms with Crippen LogP contribution in [0.3, 0.4) is 0 Å². The van der Waals surface area contributed by atoms with Gasteiger partial charge in [-0.3, -0.25) is 4.79 Å². The van der Waals surface area contributed by atoms with Crippen molar-refractivity contribution in [1.29, 1.82) is 0 Å². The Hall–Kier alpha value is -2.34. The first-order valence-electron chi connectivity index (χ1n) is 6.72. The molecule has 0 aliphatic heterocycles. The first-order valence-corrected chi connectivity index (χ1v) is 7.10. The fourth-order valence-corrected chi connectivity index (χ4v) is 2.38. The van der Waals surface area contributed by atoms with E-state index in [0.717, 1.165) is 0 Å². The molecule has 0 atom stereocenters. The number of amides is 1. The lowest BCUT2D eigenvalue weighted by Gasteiger charge is -2.16. The van der Waals surface area contributed by atoms with Gasteiger partial charge in [-0.1, -0.05) is 17.7 Å². The van der Waals surface area contributed by atoms with Crippen LogP contribution in [0, 0.1) is 12.7 Å². The second-order valence-electron chi connectivity index (χ2n) is 4.93. The van der Waals surface area contributed by atoms with Gasteiger partial charge >= 0.3 is 5.97 Å². The molecule has 0 radical (unpaired) electrons. The highest BCUT2D eigenvalue weighted by molar-refractivity contribution is 6.33. The number of hydrogen-bond donors (Lipinski definition) is 0.